The lowest BCUT2D eigenvalue weighted by molar-refractivity contribution is 0.470. The molecule has 0 bridgehead atoms. The van der Waals surface area contributed by atoms with Crippen molar-refractivity contribution >= 4 is 44.3 Å². The Labute approximate surface area is 124 Å². The Balaban J connectivity index is 2.27. The summed E-state index contributed by atoms with van der Waals surface area (Å²) >= 11 is 8.22. The molecule has 0 aliphatic carbocycles. The average molecular weight is 338 g/mol. The fraction of sp³-hybridized carbons (Fsp3) is 0.400. The molecule has 0 atom stereocenters. The van der Waals surface area contributed by atoms with Crippen LogP contribution in [-0.2, 0) is 16.6 Å². The molecule has 0 amide bonds. The highest BCUT2D eigenvalue weighted by Gasteiger charge is 2.26. The predicted octanol–water partition coefficient (Wildman–Crippen LogP) is 2.69. The first kappa shape index (κ1) is 14.9. The Morgan fingerprint density at radius 2 is 2.05 bits per heavy atom. The summed E-state index contributed by atoms with van der Waals surface area (Å²) in [5, 5.41) is 0.915. The maximum atomic E-state index is 12.4. The molecule has 0 aromatic carbocycles. The molecule has 0 spiro atoms. The van der Waals surface area contributed by atoms with Crippen LogP contribution in [0.2, 0.25) is 4.47 Å². The maximum Gasteiger partial charge on any atom is 0.254 e. The van der Waals surface area contributed by atoms with Crippen LogP contribution in [0.25, 0.3) is 0 Å². The third kappa shape index (κ3) is 3.14. The SMILES string of the molecule is Cc1ncc(CN(C)S(=O)(=O)c2sc(Cl)nc2C)s1. The number of sulfonamides is 1. The van der Waals surface area contributed by atoms with E-state index in [1.165, 1.54) is 22.7 Å². The highest BCUT2D eigenvalue weighted by molar-refractivity contribution is 7.91. The molecule has 2 aromatic heterocycles. The molecule has 2 heterocycles. The van der Waals surface area contributed by atoms with E-state index in [2.05, 4.69) is 9.97 Å². The molecule has 0 N–H and O–H groups in total. The van der Waals surface area contributed by atoms with Crippen LogP contribution < -0.4 is 0 Å². The lowest BCUT2D eigenvalue weighted by Gasteiger charge is -2.14. The molecular weight excluding hydrogens is 326 g/mol. The molecule has 0 radical (unpaired) electrons. The van der Waals surface area contributed by atoms with Gasteiger partial charge in [-0.2, -0.15) is 4.31 Å². The van der Waals surface area contributed by atoms with Crippen LogP contribution in [0.3, 0.4) is 0 Å². The molecule has 104 valence electrons. The first-order valence-electron chi connectivity index (χ1n) is 5.31. The summed E-state index contributed by atoms with van der Waals surface area (Å²) in [6.07, 6.45) is 1.69. The fourth-order valence-corrected chi connectivity index (χ4v) is 5.52. The minimum Gasteiger partial charge on any atom is -0.250 e. The topological polar surface area (TPSA) is 63.2 Å². The van der Waals surface area contributed by atoms with Gasteiger partial charge in [0.15, 0.2) is 8.68 Å². The van der Waals surface area contributed by atoms with E-state index >= 15 is 0 Å². The molecule has 5 nitrogen and oxygen atoms in total. The van der Waals surface area contributed by atoms with E-state index in [9.17, 15) is 8.42 Å². The Bertz CT molecular complexity index is 693. The number of hydrogen-bond acceptors (Lipinski definition) is 6. The first-order chi connectivity index (χ1) is 8.80. The zero-order valence-corrected chi connectivity index (χ0v) is 13.8. The highest BCUT2D eigenvalue weighted by Crippen LogP contribution is 2.29. The summed E-state index contributed by atoms with van der Waals surface area (Å²) < 4.78 is 26.5. The summed E-state index contributed by atoms with van der Waals surface area (Å²) in [6, 6.07) is 0. The summed E-state index contributed by atoms with van der Waals surface area (Å²) in [5.74, 6) is 0. The minimum absolute atomic E-state index is 0.196. The molecular formula is C10H12ClN3O2S3. The van der Waals surface area contributed by atoms with Gasteiger partial charge in [-0.25, -0.2) is 18.4 Å². The van der Waals surface area contributed by atoms with Crippen molar-refractivity contribution in [3.63, 3.8) is 0 Å². The van der Waals surface area contributed by atoms with Gasteiger partial charge in [0.05, 0.1) is 10.7 Å². The van der Waals surface area contributed by atoms with E-state index in [1.54, 1.807) is 13.1 Å². The molecule has 0 unspecified atom stereocenters. The van der Waals surface area contributed by atoms with Crippen molar-refractivity contribution in [1.29, 1.82) is 0 Å². The van der Waals surface area contributed by atoms with Crippen LogP contribution in [0.5, 0.6) is 0 Å². The molecule has 0 aliphatic heterocycles. The predicted molar refractivity (Wildman–Crippen MR) is 77.4 cm³/mol. The molecule has 2 rings (SSSR count). The lowest BCUT2D eigenvalue weighted by Crippen LogP contribution is -2.26. The van der Waals surface area contributed by atoms with Gasteiger partial charge in [-0.15, -0.1) is 11.3 Å². The van der Waals surface area contributed by atoms with Crippen molar-refractivity contribution < 1.29 is 8.42 Å². The van der Waals surface area contributed by atoms with E-state index in [1.807, 2.05) is 6.92 Å². The average Bonchev–Trinajstić information content (AvgIpc) is 2.85. The van der Waals surface area contributed by atoms with E-state index in [4.69, 9.17) is 11.6 Å². The summed E-state index contributed by atoms with van der Waals surface area (Å²) in [4.78, 5) is 8.95. The Morgan fingerprint density at radius 3 is 2.53 bits per heavy atom. The van der Waals surface area contributed by atoms with Gasteiger partial charge in [0, 0.05) is 24.7 Å². The first-order valence-corrected chi connectivity index (χ1v) is 8.76. The fourth-order valence-electron chi connectivity index (χ4n) is 1.51. The number of hydrogen-bond donors (Lipinski definition) is 0. The highest BCUT2D eigenvalue weighted by atomic mass is 35.5. The van der Waals surface area contributed by atoms with Crippen molar-refractivity contribution in [2.45, 2.75) is 24.6 Å². The molecule has 19 heavy (non-hydrogen) atoms. The third-order valence-corrected chi connectivity index (χ3v) is 6.97. The van der Waals surface area contributed by atoms with Crippen molar-refractivity contribution in [3.8, 4) is 0 Å². The van der Waals surface area contributed by atoms with Crippen LogP contribution in [0, 0.1) is 13.8 Å². The molecule has 0 saturated carbocycles. The third-order valence-electron chi connectivity index (χ3n) is 2.42. The van der Waals surface area contributed by atoms with Gasteiger partial charge in [-0.05, 0) is 13.8 Å². The van der Waals surface area contributed by atoms with Gasteiger partial charge in [-0.1, -0.05) is 22.9 Å². The van der Waals surface area contributed by atoms with Crippen molar-refractivity contribution in [3.05, 3.63) is 26.2 Å². The molecule has 2 aromatic rings. The zero-order chi connectivity index (χ0) is 14.2. The van der Waals surface area contributed by atoms with Gasteiger partial charge in [-0.3, -0.25) is 0 Å². The number of rotatable bonds is 4. The van der Waals surface area contributed by atoms with E-state index in [0.717, 1.165) is 21.2 Å². The second-order valence-electron chi connectivity index (χ2n) is 3.95. The van der Waals surface area contributed by atoms with Crippen molar-refractivity contribution in [2.75, 3.05) is 7.05 Å². The van der Waals surface area contributed by atoms with Gasteiger partial charge in [0.1, 0.15) is 0 Å². The van der Waals surface area contributed by atoms with Crippen LogP contribution in [-0.4, -0.2) is 29.7 Å². The Hall–Kier alpha value is -0.540. The van der Waals surface area contributed by atoms with Crippen LogP contribution in [0.15, 0.2) is 10.4 Å². The second kappa shape index (κ2) is 5.45. The van der Waals surface area contributed by atoms with E-state index in [0.29, 0.717) is 12.2 Å². The maximum absolute atomic E-state index is 12.4. The number of halogens is 1. The monoisotopic (exact) mass is 337 g/mol. The van der Waals surface area contributed by atoms with Gasteiger partial charge < -0.3 is 0 Å². The van der Waals surface area contributed by atoms with E-state index in [-0.39, 0.29) is 8.68 Å². The minimum atomic E-state index is -3.55. The summed E-state index contributed by atoms with van der Waals surface area (Å²) in [6.45, 7) is 3.82. The van der Waals surface area contributed by atoms with Crippen LogP contribution in [0.1, 0.15) is 15.6 Å². The summed E-state index contributed by atoms with van der Waals surface area (Å²) in [5.41, 5.74) is 0.433. The Morgan fingerprint density at radius 1 is 1.37 bits per heavy atom. The standard InChI is InChI=1S/C10H12ClN3O2S3/c1-6-9(18-10(11)13-6)19(15,16)14(3)5-8-4-12-7(2)17-8/h4H,5H2,1-3H3. The lowest BCUT2D eigenvalue weighted by atomic mass is 10.5. The normalized spacial score (nSPS) is 12.3. The van der Waals surface area contributed by atoms with Gasteiger partial charge >= 0.3 is 0 Å². The number of aromatic nitrogens is 2. The summed E-state index contributed by atoms with van der Waals surface area (Å²) in [7, 11) is -2.01. The Kier molecular flexibility index (Phi) is 4.26. The van der Waals surface area contributed by atoms with Crippen LogP contribution >= 0.6 is 34.3 Å². The van der Waals surface area contributed by atoms with Crippen LogP contribution in [0.4, 0.5) is 0 Å². The zero-order valence-electron chi connectivity index (χ0n) is 10.5. The van der Waals surface area contributed by atoms with Gasteiger partial charge in [0.25, 0.3) is 10.0 Å². The largest absolute Gasteiger partial charge is 0.254 e. The number of nitrogens with zero attached hydrogens (tertiary/aromatic N) is 3. The molecule has 0 saturated heterocycles. The number of thiazole rings is 2. The second-order valence-corrected chi connectivity index (χ2v) is 9.09. The molecule has 0 fully saturated rings. The van der Waals surface area contributed by atoms with Gasteiger partial charge in [0.2, 0.25) is 0 Å². The smallest absolute Gasteiger partial charge is 0.250 e. The number of aryl methyl sites for hydroxylation is 2. The molecule has 9 heteroatoms. The quantitative estimate of drug-likeness (QED) is 0.860. The van der Waals surface area contributed by atoms with Crippen molar-refractivity contribution in [2.24, 2.45) is 0 Å². The van der Waals surface area contributed by atoms with E-state index < -0.39 is 10.0 Å². The molecule has 0 aliphatic rings. The van der Waals surface area contributed by atoms with Crippen molar-refractivity contribution in [1.82, 2.24) is 14.3 Å².